The molecule has 0 saturated carbocycles. The summed E-state index contributed by atoms with van der Waals surface area (Å²) in [6.07, 6.45) is 0. The lowest BCUT2D eigenvalue weighted by Gasteiger charge is -2.27. The Balaban J connectivity index is 2.34. The van der Waals surface area contributed by atoms with Gasteiger partial charge >= 0.3 is 0 Å². The SMILES string of the molecule is Cc1ccc(F)c(C(=O)N2CCNC(=O)C2)c1F. The molecular weight excluding hydrogens is 242 g/mol. The standard InChI is InChI=1S/C12H12F2N2O2/c1-7-2-3-8(13)10(11(7)14)12(18)16-5-4-15-9(17)6-16/h2-3H,4-6H2,1H3,(H,15,17). The Morgan fingerprint density at radius 2 is 2.11 bits per heavy atom. The first-order valence-electron chi connectivity index (χ1n) is 5.51. The van der Waals surface area contributed by atoms with E-state index < -0.39 is 23.1 Å². The van der Waals surface area contributed by atoms with Crippen LogP contribution in [0.2, 0.25) is 0 Å². The monoisotopic (exact) mass is 254 g/mol. The van der Waals surface area contributed by atoms with E-state index in [4.69, 9.17) is 0 Å². The second-order valence-electron chi connectivity index (χ2n) is 4.13. The van der Waals surface area contributed by atoms with Crippen LogP contribution in [0.15, 0.2) is 12.1 Å². The minimum Gasteiger partial charge on any atom is -0.353 e. The van der Waals surface area contributed by atoms with Crippen LogP contribution in [0.25, 0.3) is 0 Å². The van der Waals surface area contributed by atoms with Gasteiger partial charge in [0.1, 0.15) is 17.2 Å². The second kappa shape index (κ2) is 4.72. The van der Waals surface area contributed by atoms with Crippen molar-refractivity contribution in [3.8, 4) is 0 Å². The first-order valence-corrected chi connectivity index (χ1v) is 5.51. The molecule has 0 atom stereocenters. The number of aryl methyl sites for hydroxylation is 1. The molecule has 1 aromatic rings. The predicted molar refractivity (Wildman–Crippen MR) is 60.0 cm³/mol. The molecule has 1 N–H and O–H groups in total. The maximum atomic E-state index is 13.8. The van der Waals surface area contributed by atoms with E-state index in [1.807, 2.05) is 0 Å². The fourth-order valence-corrected chi connectivity index (χ4v) is 1.82. The molecule has 1 aliphatic heterocycles. The van der Waals surface area contributed by atoms with E-state index in [2.05, 4.69) is 5.32 Å². The zero-order chi connectivity index (χ0) is 13.3. The molecule has 0 radical (unpaired) electrons. The van der Waals surface area contributed by atoms with Crippen LogP contribution in [-0.4, -0.2) is 36.3 Å². The number of rotatable bonds is 1. The number of nitrogens with zero attached hydrogens (tertiary/aromatic N) is 1. The van der Waals surface area contributed by atoms with Crippen molar-refractivity contribution in [1.82, 2.24) is 10.2 Å². The molecule has 0 bridgehead atoms. The second-order valence-corrected chi connectivity index (χ2v) is 4.13. The normalized spacial score (nSPS) is 15.5. The summed E-state index contributed by atoms with van der Waals surface area (Å²) in [5.41, 5.74) is -0.397. The van der Waals surface area contributed by atoms with Gasteiger partial charge in [0.2, 0.25) is 5.91 Å². The largest absolute Gasteiger partial charge is 0.353 e. The molecule has 1 saturated heterocycles. The van der Waals surface area contributed by atoms with Crippen molar-refractivity contribution in [2.24, 2.45) is 0 Å². The highest BCUT2D eigenvalue weighted by molar-refractivity contribution is 5.97. The first kappa shape index (κ1) is 12.5. The van der Waals surface area contributed by atoms with Gasteiger partial charge in [0, 0.05) is 13.1 Å². The summed E-state index contributed by atoms with van der Waals surface area (Å²) >= 11 is 0. The van der Waals surface area contributed by atoms with Gasteiger partial charge in [-0.3, -0.25) is 9.59 Å². The van der Waals surface area contributed by atoms with Crippen molar-refractivity contribution in [1.29, 1.82) is 0 Å². The Labute approximate surface area is 103 Å². The van der Waals surface area contributed by atoms with E-state index in [1.165, 1.54) is 13.0 Å². The molecule has 2 amide bonds. The molecule has 1 heterocycles. The van der Waals surface area contributed by atoms with Crippen LogP contribution in [0.1, 0.15) is 15.9 Å². The number of carbonyl (C=O) groups is 2. The molecular formula is C12H12F2N2O2. The summed E-state index contributed by atoms with van der Waals surface area (Å²) in [4.78, 5) is 24.3. The van der Waals surface area contributed by atoms with Crippen LogP contribution < -0.4 is 5.32 Å². The molecule has 18 heavy (non-hydrogen) atoms. The fourth-order valence-electron chi connectivity index (χ4n) is 1.82. The van der Waals surface area contributed by atoms with E-state index in [0.717, 1.165) is 11.0 Å². The Bertz CT molecular complexity index is 517. The maximum Gasteiger partial charge on any atom is 0.260 e. The Morgan fingerprint density at radius 1 is 1.39 bits per heavy atom. The molecule has 2 rings (SSSR count). The molecule has 0 spiro atoms. The van der Waals surface area contributed by atoms with E-state index in [1.54, 1.807) is 0 Å². The van der Waals surface area contributed by atoms with Crippen LogP contribution in [0.5, 0.6) is 0 Å². The molecule has 0 aliphatic carbocycles. The number of halogens is 2. The lowest BCUT2D eigenvalue weighted by Crippen LogP contribution is -2.50. The number of piperazine rings is 1. The van der Waals surface area contributed by atoms with Gasteiger partial charge in [-0.2, -0.15) is 0 Å². The molecule has 0 aromatic heterocycles. The smallest absolute Gasteiger partial charge is 0.260 e. The van der Waals surface area contributed by atoms with Gasteiger partial charge in [0.15, 0.2) is 0 Å². The van der Waals surface area contributed by atoms with Crippen molar-refractivity contribution in [3.63, 3.8) is 0 Å². The first-order chi connectivity index (χ1) is 8.50. The van der Waals surface area contributed by atoms with Gasteiger partial charge in [0.05, 0.1) is 6.54 Å². The Kier molecular flexibility index (Phi) is 3.27. The van der Waals surface area contributed by atoms with Crippen LogP contribution in [0, 0.1) is 18.6 Å². The number of hydrogen-bond acceptors (Lipinski definition) is 2. The van der Waals surface area contributed by atoms with E-state index >= 15 is 0 Å². The zero-order valence-electron chi connectivity index (χ0n) is 9.80. The highest BCUT2D eigenvalue weighted by Gasteiger charge is 2.27. The van der Waals surface area contributed by atoms with Crippen molar-refractivity contribution in [3.05, 3.63) is 34.9 Å². The van der Waals surface area contributed by atoms with Crippen molar-refractivity contribution in [2.75, 3.05) is 19.6 Å². The Hall–Kier alpha value is -1.98. The third kappa shape index (κ3) is 2.18. The molecule has 1 aliphatic rings. The van der Waals surface area contributed by atoms with Gasteiger partial charge in [-0.25, -0.2) is 8.78 Å². The summed E-state index contributed by atoms with van der Waals surface area (Å²) in [6.45, 7) is 1.82. The minimum atomic E-state index is -0.908. The summed E-state index contributed by atoms with van der Waals surface area (Å²) in [5, 5.41) is 2.54. The van der Waals surface area contributed by atoms with Crippen molar-refractivity contribution < 1.29 is 18.4 Å². The molecule has 0 unspecified atom stereocenters. The van der Waals surface area contributed by atoms with Crippen LogP contribution in [0.3, 0.4) is 0 Å². The lowest BCUT2D eigenvalue weighted by molar-refractivity contribution is -0.123. The number of carbonyl (C=O) groups excluding carboxylic acids is 2. The summed E-state index contributed by atoms with van der Waals surface area (Å²) in [6, 6.07) is 2.32. The van der Waals surface area contributed by atoms with Crippen molar-refractivity contribution >= 4 is 11.8 Å². The van der Waals surface area contributed by atoms with Crippen LogP contribution >= 0.6 is 0 Å². The van der Waals surface area contributed by atoms with Crippen LogP contribution in [-0.2, 0) is 4.79 Å². The highest BCUT2D eigenvalue weighted by atomic mass is 19.1. The third-order valence-corrected chi connectivity index (χ3v) is 2.82. The predicted octanol–water partition coefficient (Wildman–Crippen LogP) is 0.845. The molecule has 1 fully saturated rings. The van der Waals surface area contributed by atoms with Crippen LogP contribution in [0.4, 0.5) is 8.78 Å². The number of amides is 2. The third-order valence-electron chi connectivity index (χ3n) is 2.82. The number of nitrogens with one attached hydrogen (secondary N) is 1. The van der Waals surface area contributed by atoms with Gasteiger partial charge in [-0.15, -0.1) is 0 Å². The molecule has 4 nitrogen and oxygen atoms in total. The zero-order valence-corrected chi connectivity index (χ0v) is 9.80. The Morgan fingerprint density at radius 3 is 2.78 bits per heavy atom. The highest BCUT2D eigenvalue weighted by Crippen LogP contribution is 2.18. The van der Waals surface area contributed by atoms with Gasteiger partial charge in [0.25, 0.3) is 5.91 Å². The summed E-state index contributed by atoms with van der Waals surface area (Å²) < 4.78 is 27.3. The number of hydrogen-bond donors (Lipinski definition) is 1. The quantitative estimate of drug-likeness (QED) is 0.807. The van der Waals surface area contributed by atoms with E-state index in [-0.39, 0.29) is 24.6 Å². The number of benzene rings is 1. The molecule has 6 heteroatoms. The average Bonchev–Trinajstić information content (AvgIpc) is 2.34. The fraction of sp³-hybridized carbons (Fsp3) is 0.333. The summed E-state index contributed by atoms with van der Waals surface area (Å²) in [7, 11) is 0. The van der Waals surface area contributed by atoms with Gasteiger partial charge in [-0.05, 0) is 18.6 Å². The maximum absolute atomic E-state index is 13.8. The molecule has 96 valence electrons. The summed E-state index contributed by atoms with van der Waals surface area (Å²) in [5.74, 6) is -2.90. The average molecular weight is 254 g/mol. The lowest BCUT2D eigenvalue weighted by atomic mass is 10.1. The van der Waals surface area contributed by atoms with Gasteiger partial charge < -0.3 is 10.2 Å². The molecule has 1 aromatic carbocycles. The van der Waals surface area contributed by atoms with Crippen molar-refractivity contribution in [2.45, 2.75) is 6.92 Å². The van der Waals surface area contributed by atoms with E-state index in [0.29, 0.717) is 6.54 Å². The topological polar surface area (TPSA) is 49.4 Å². The minimum absolute atomic E-state index is 0.175. The van der Waals surface area contributed by atoms with E-state index in [9.17, 15) is 18.4 Å². The van der Waals surface area contributed by atoms with Gasteiger partial charge in [-0.1, -0.05) is 6.07 Å².